The quantitative estimate of drug-likeness (QED) is 0.455. The van der Waals surface area contributed by atoms with Crippen LogP contribution >= 0.6 is 15.9 Å². The van der Waals surface area contributed by atoms with Gasteiger partial charge in [-0.3, -0.25) is 4.79 Å². The minimum Gasteiger partial charge on any atom is -0.496 e. The van der Waals surface area contributed by atoms with Crippen LogP contribution in [-0.2, 0) is 7.05 Å². The van der Waals surface area contributed by atoms with E-state index >= 15 is 0 Å². The van der Waals surface area contributed by atoms with Crippen molar-refractivity contribution < 1.29 is 9.53 Å². The highest BCUT2D eigenvalue weighted by Crippen LogP contribution is 2.29. The number of aryl methyl sites for hydroxylation is 1. The predicted molar refractivity (Wildman–Crippen MR) is 119 cm³/mol. The summed E-state index contributed by atoms with van der Waals surface area (Å²) in [6.07, 6.45) is 3.53. The predicted octanol–water partition coefficient (Wildman–Crippen LogP) is 3.60. The van der Waals surface area contributed by atoms with Gasteiger partial charge in [-0.15, -0.1) is 5.10 Å². The van der Waals surface area contributed by atoms with Crippen LogP contribution in [0.3, 0.4) is 0 Å². The summed E-state index contributed by atoms with van der Waals surface area (Å²) in [6, 6.07) is 14.7. The first-order valence-corrected chi connectivity index (χ1v) is 10.4. The van der Waals surface area contributed by atoms with Crippen molar-refractivity contribution in [2.24, 2.45) is 7.05 Å². The highest BCUT2D eigenvalue weighted by molar-refractivity contribution is 9.10. The molecule has 9 heteroatoms. The number of ether oxygens (including phenoxy) is 1. The molecule has 0 aliphatic rings. The van der Waals surface area contributed by atoms with Gasteiger partial charge in [0.25, 0.3) is 5.91 Å². The van der Waals surface area contributed by atoms with Crippen LogP contribution in [0.5, 0.6) is 5.75 Å². The average Bonchev–Trinajstić information content (AvgIpc) is 3.37. The molecule has 4 aromatic rings. The Bertz CT molecular complexity index is 1230. The van der Waals surface area contributed by atoms with Gasteiger partial charge in [-0.05, 0) is 31.2 Å². The molecule has 158 valence electrons. The second-order valence-electron chi connectivity index (χ2n) is 6.96. The van der Waals surface area contributed by atoms with Gasteiger partial charge in [0.2, 0.25) is 0 Å². The van der Waals surface area contributed by atoms with Gasteiger partial charge in [0.15, 0.2) is 5.69 Å². The molecule has 0 aliphatic carbocycles. The summed E-state index contributed by atoms with van der Waals surface area (Å²) < 4.78 is 9.94. The molecular weight excluding hydrogens is 460 g/mol. The fraction of sp³-hybridized carbons (Fsp3) is 0.182. The maximum absolute atomic E-state index is 13.3. The molecule has 0 fully saturated rings. The first kappa shape index (κ1) is 20.8. The van der Waals surface area contributed by atoms with Gasteiger partial charge < -0.3 is 14.6 Å². The van der Waals surface area contributed by atoms with Crippen molar-refractivity contribution in [2.75, 3.05) is 7.11 Å². The number of imidazole rings is 1. The van der Waals surface area contributed by atoms with Gasteiger partial charge in [0.05, 0.1) is 18.5 Å². The number of carbonyl (C=O) groups is 1. The molecule has 0 aliphatic heterocycles. The van der Waals surface area contributed by atoms with Crippen molar-refractivity contribution in [3.63, 3.8) is 0 Å². The number of aromatic nitrogens is 5. The Morgan fingerprint density at radius 3 is 2.71 bits per heavy atom. The van der Waals surface area contributed by atoms with Crippen LogP contribution in [-0.4, -0.2) is 37.6 Å². The third-order valence-electron chi connectivity index (χ3n) is 5.00. The van der Waals surface area contributed by atoms with Crippen molar-refractivity contribution >= 4 is 21.8 Å². The summed E-state index contributed by atoms with van der Waals surface area (Å²) in [5.41, 5.74) is 2.48. The Balaban J connectivity index is 1.70. The topological polar surface area (TPSA) is 86.9 Å². The number of methoxy groups -OCH3 is 1. The fourth-order valence-electron chi connectivity index (χ4n) is 3.43. The van der Waals surface area contributed by atoms with Crippen molar-refractivity contribution in [1.82, 2.24) is 29.9 Å². The molecule has 0 spiro atoms. The molecular formula is C22H21BrN6O2. The Morgan fingerprint density at radius 1 is 1.19 bits per heavy atom. The van der Waals surface area contributed by atoms with E-state index in [1.807, 2.05) is 73.3 Å². The van der Waals surface area contributed by atoms with E-state index in [9.17, 15) is 4.79 Å². The van der Waals surface area contributed by atoms with E-state index in [-0.39, 0.29) is 11.6 Å². The summed E-state index contributed by atoms with van der Waals surface area (Å²) in [5.74, 6) is 0.984. The van der Waals surface area contributed by atoms with Crippen LogP contribution < -0.4 is 10.1 Å². The number of nitrogens with zero attached hydrogens (tertiary/aromatic N) is 5. The Hall–Kier alpha value is -3.46. The summed E-state index contributed by atoms with van der Waals surface area (Å²) in [6.45, 7) is 1.81. The standard InChI is InChI=1S/C22H21BrN6O2/c1-14-19(26-27-29(14)16-8-6-7-15(23)13-16)22(30)25-20(21-24-11-12-28(21)2)17-9-4-5-10-18(17)31-3/h4-13,20H,1-3H3,(H,25,30). The van der Waals surface area contributed by atoms with Crippen LogP contribution in [0.2, 0.25) is 0 Å². The van der Waals surface area contributed by atoms with E-state index < -0.39 is 6.04 Å². The van der Waals surface area contributed by atoms with Crippen molar-refractivity contribution in [1.29, 1.82) is 0 Å². The number of nitrogens with one attached hydrogen (secondary N) is 1. The smallest absolute Gasteiger partial charge is 0.274 e. The van der Waals surface area contributed by atoms with Gasteiger partial charge in [0, 0.05) is 29.5 Å². The minimum atomic E-state index is -0.529. The first-order chi connectivity index (χ1) is 15.0. The van der Waals surface area contributed by atoms with Crippen LogP contribution in [0.4, 0.5) is 0 Å². The molecule has 4 rings (SSSR count). The van der Waals surface area contributed by atoms with Crippen molar-refractivity contribution in [3.8, 4) is 11.4 Å². The van der Waals surface area contributed by atoms with E-state index in [4.69, 9.17) is 4.74 Å². The molecule has 31 heavy (non-hydrogen) atoms. The monoisotopic (exact) mass is 480 g/mol. The van der Waals surface area contributed by atoms with E-state index in [2.05, 4.69) is 36.5 Å². The molecule has 0 saturated heterocycles. The van der Waals surface area contributed by atoms with Crippen LogP contribution in [0.15, 0.2) is 65.4 Å². The number of rotatable bonds is 6. The average molecular weight is 481 g/mol. The fourth-order valence-corrected chi connectivity index (χ4v) is 3.82. The molecule has 1 unspecified atom stereocenters. The highest BCUT2D eigenvalue weighted by atomic mass is 79.9. The zero-order valence-corrected chi connectivity index (χ0v) is 18.9. The lowest BCUT2D eigenvalue weighted by Crippen LogP contribution is -2.32. The van der Waals surface area contributed by atoms with Crippen molar-refractivity contribution in [3.05, 3.63) is 88.2 Å². The van der Waals surface area contributed by atoms with Crippen molar-refractivity contribution in [2.45, 2.75) is 13.0 Å². The Morgan fingerprint density at radius 2 is 2.00 bits per heavy atom. The van der Waals surface area contributed by atoms with Crippen LogP contribution in [0.25, 0.3) is 5.69 Å². The normalized spacial score (nSPS) is 11.9. The van der Waals surface area contributed by atoms with E-state index in [1.54, 1.807) is 18.0 Å². The lowest BCUT2D eigenvalue weighted by Gasteiger charge is -2.21. The second-order valence-corrected chi connectivity index (χ2v) is 7.88. The highest BCUT2D eigenvalue weighted by Gasteiger charge is 2.27. The number of amides is 1. The minimum absolute atomic E-state index is 0.245. The van der Waals surface area contributed by atoms with Gasteiger partial charge in [0.1, 0.15) is 17.6 Å². The zero-order chi connectivity index (χ0) is 22.0. The maximum Gasteiger partial charge on any atom is 0.274 e. The summed E-state index contributed by atoms with van der Waals surface area (Å²) in [7, 11) is 3.48. The van der Waals surface area contributed by atoms with Gasteiger partial charge >= 0.3 is 0 Å². The van der Waals surface area contributed by atoms with Gasteiger partial charge in [-0.25, -0.2) is 9.67 Å². The lowest BCUT2D eigenvalue weighted by atomic mass is 10.0. The van der Waals surface area contributed by atoms with Crippen LogP contribution in [0, 0.1) is 6.92 Å². The summed E-state index contributed by atoms with van der Waals surface area (Å²) >= 11 is 3.46. The maximum atomic E-state index is 13.3. The van der Waals surface area contributed by atoms with E-state index in [0.717, 1.165) is 15.7 Å². The van der Waals surface area contributed by atoms with Crippen LogP contribution in [0.1, 0.15) is 33.6 Å². The molecule has 0 saturated carbocycles. The SMILES string of the molecule is COc1ccccc1C(NC(=O)c1nnn(-c2cccc(Br)c2)c1C)c1nccn1C. The molecule has 0 bridgehead atoms. The first-order valence-electron chi connectivity index (χ1n) is 9.59. The molecule has 2 heterocycles. The van der Waals surface area contributed by atoms with E-state index in [0.29, 0.717) is 17.3 Å². The molecule has 2 aromatic carbocycles. The Labute approximate surface area is 188 Å². The molecule has 1 N–H and O–H groups in total. The third kappa shape index (κ3) is 4.09. The number of benzene rings is 2. The van der Waals surface area contributed by atoms with E-state index in [1.165, 1.54) is 0 Å². The summed E-state index contributed by atoms with van der Waals surface area (Å²) in [4.78, 5) is 17.7. The molecule has 2 aromatic heterocycles. The second kappa shape index (κ2) is 8.73. The molecule has 1 amide bonds. The number of hydrogen-bond donors (Lipinski definition) is 1. The summed E-state index contributed by atoms with van der Waals surface area (Å²) in [5, 5.41) is 11.4. The van der Waals surface area contributed by atoms with Gasteiger partial charge in [-0.1, -0.05) is 45.4 Å². The molecule has 1 atom stereocenters. The zero-order valence-electron chi connectivity index (χ0n) is 17.3. The largest absolute Gasteiger partial charge is 0.496 e. The number of para-hydroxylation sites is 1. The molecule has 8 nitrogen and oxygen atoms in total. The van der Waals surface area contributed by atoms with Gasteiger partial charge in [-0.2, -0.15) is 0 Å². The third-order valence-corrected chi connectivity index (χ3v) is 5.50. The number of hydrogen-bond acceptors (Lipinski definition) is 5. The molecule has 0 radical (unpaired) electrons. The Kier molecular flexibility index (Phi) is 5.85. The number of halogens is 1. The lowest BCUT2D eigenvalue weighted by molar-refractivity contribution is 0.0935. The number of carbonyl (C=O) groups excluding carboxylic acids is 1.